The van der Waals surface area contributed by atoms with Crippen molar-refractivity contribution in [1.82, 2.24) is 4.90 Å². The van der Waals surface area contributed by atoms with E-state index in [4.69, 9.17) is 6.57 Å². The fraction of sp³-hybridized carbons (Fsp3) is 0.500. The summed E-state index contributed by atoms with van der Waals surface area (Å²) >= 11 is 0. The smallest absolute Gasteiger partial charge is 0.369 e. The number of halogens is 3. The summed E-state index contributed by atoms with van der Waals surface area (Å²) < 4.78 is 38.0. The molecule has 0 amide bonds. The van der Waals surface area contributed by atoms with Gasteiger partial charge in [-0.15, -0.1) is 0 Å². The van der Waals surface area contributed by atoms with Crippen LogP contribution in [0, 0.1) is 6.57 Å². The van der Waals surface area contributed by atoms with Crippen LogP contribution in [0.4, 0.5) is 18.9 Å². The third-order valence-corrected chi connectivity index (χ3v) is 3.44. The van der Waals surface area contributed by atoms with E-state index in [0.29, 0.717) is 25.3 Å². The minimum absolute atomic E-state index is 0.476. The summed E-state index contributed by atoms with van der Waals surface area (Å²) in [4.78, 5) is 7.45. The van der Waals surface area contributed by atoms with Crippen molar-refractivity contribution in [3.63, 3.8) is 0 Å². The molecule has 1 fully saturated rings. The lowest BCUT2D eigenvalue weighted by Crippen LogP contribution is -2.47. The van der Waals surface area contributed by atoms with Crippen LogP contribution in [0.1, 0.15) is 5.56 Å². The average molecular weight is 283 g/mol. The molecule has 0 spiro atoms. The molecule has 1 aromatic carbocycles. The predicted molar refractivity (Wildman–Crippen MR) is 71.6 cm³/mol. The summed E-state index contributed by atoms with van der Waals surface area (Å²) in [6.45, 7) is 10.9. The number of anilines is 1. The number of nitrogens with zero attached hydrogens (tertiary/aromatic N) is 3. The molecule has 0 unspecified atom stereocenters. The van der Waals surface area contributed by atoms with Gasteiger partial charge in [0.25, 0.3) is 0 Å². The molecule has 0 saturated carbocycles. The van der Waals surface area contributed by atoms with Crippen molar-refractivity contribution in [2.75, 3.05) is 44.2 Å². The van der Waals surface area contributed by atoms with Gasteiger partial charge in [-0.2, -0.15) is 13.2 Å². The van der Waals surface area contributed by atoms with E-state index in [-0.39, 0.29) is 0 Å². The highest BCUT2D eigenvalue weighted by molar-refractivity contribution is 5.49. The fourth-order valence-corrected chi connectivity index (χ4v) is 2.30. The highest BCUT2D eigenvalue weighted by Crippen LogP contribution is 2.31. The van der Waals surface area contributed by atoms with Gasteiger partial charge < -0.3 is 9.74 Å². The molecule has 3 nitrogen and oxygen atoms in total. The maximum absolute atomic E-state index is 12.7. The zero-order chi connectivity index (χ0) is 14.6. The first-order valence-electron chi connectivity index (χ1n) is 6.48. The van der Waals surface area contributed by atoms with Gasteiger partial charge in [0.1, 0.15) is 0 Å². The Morgan fingerprint density at radius 2 is 1.85 bits per heavy atom. The van der Waals surface area contributed by atoms with Gasteiger partial charge >= 0.3 is 6.18 Å². The summed E-state index contributed by atoms with van der Waals surface area (Å²) in [6.07, 6.45) is -4.30. The highest BCUT2D eigenvalue weighted by Gasteiger charge is 2.31. The predicted octanol–water partition coefficient (Wildman–Crippen LogP) is 2.75. The summed E-state index contributed by atoms with van der Waals surface area (Å²) in [5, 5.41) is 0. The van der Waals surface area contributed by atoms with Gasteiger partial charge in [0.05, 0.1) is 12.1 Å². The van der Waals surface area contributed by atoms with Gasteiger partial charge in [-0.05, 0) is 18.2 Å². The number of alkyl halides is 3. The van der Waals surface area contributed by atoms with Crippen molar-refractivity contribution in [3.8, 4) is 0 Å². The number of hydrogen-bond acceptors (Lipinski definition) is 2. The maximum Gasteiger partial charge on any atom is 0.416 e. The van der Waals surface area contributed by atoms with Crippen LogP contribution in [-0.4, -0.2) is 44.2 Å². The summed E-state index contributed by atoms with van der Waals surface area (Å²) in [5.74, 6) is 0. The van der Waals surface area contributed by atoms with Crippen LogP contribution in [0.15, 0.2) is 24.3 Å². The van der Waals surface area contributed by atoms with Crippen LogP contribution < -0.4 is 4.90 Å². The zero-order valence-corrected chi connectivity index (χ0v) is 11.0. The Morgan fingerprint density at radius 1 is 1.15 bits per heavy atom. The van der Waals surface area contributed by atoms with E-state index in [1.165, 1.54) is 12.1 Å². The molecule has 6 heteroatoms. The van der Waals surface area contributed by atoms with Crippen LogP contribution in [0.2, 0.25) is 0 Å². The van der Waals surface area contributed by atoms with Crippen LogP contribution in [0.5, 0.6) is 0 Å². The fourth-order valence-electron chi connectivity index (χ4n) is 2.30. The van der Waals surface area contributed by atoms with E-state index in [1.807, 2.05) is 4.90 Å². The van der Waals surface area contributed by atoms with Gasteiger partial charge in [-0.25, -0.2) is 6.57 Å². The topological polar surface area (TPSA) is 10.8 Å². The minimum atomic E-state index is -4.30. The molecular formula is C14H16F3N3. The quantitative estimate of drug-likeness (QED) is 0.790. The molecule has 1 aliphatic heterocycles. The number of rotatable bonds is 3. The molecule has 1 aliphatic rings. The Hall–Kier alpha value is -1.74. The van der Waals surface area contributed by atoms with E-state index < -0.39 is 11.7 Å². The Kier molecular flexibility index (Phi) is 4.50. The number of benzene rings is 1. The molecule has 2 rings (SSSR count). The molecule has 20 heavy (non-hydrogen) atoms. The van der Waals surface area contributed by atoms with Crippen molar-refractivity contribution in [2.45, 2.75) is 6.18 Å². The first kappa shape index (κ1) is 14.7. The van der Waals surface area contributed by atoms with Crippen molar-refractivity contribution in [3.05, 3.63) is 41.2 Å². The molecular weight excluding hydrogens is 267 g/mol. The van der Waals surface area contributed by atoms with E-state index in [2.05, 4.69) is 9.74 Å². The average Bonchev–Trinajstić information content (AvgIpc) is 2.45. The Balaban J connectivity index is 1.99. The third-order valence-electron chi connectivity index (χ3n) is 3.44. The SMILES string of the molecule is [C-]#[N+]CCN1CCN(c2cccc(C(F)(F)F)c2)CC1. The molecule has 1 heterocycles. The van der Waals surface area contributed by atoms with Crippen molar-refractivity contribution in [1.29, 1.82) is 0 Å². The standard InChI is InChI=1S/C14H16F3N3/c1-18-5-6-19-7-9-20(10-8-19)13-4-2-3-12(11-13)14(15,16)17/h2-4,11H,5-10H2. The third kappa shape index (κ3) is 3.64. The van der Waals surface area contributed by atoms with Gasteiger partial charge in [0, 0.05) is 31.9 Å². The van der Waals surface area contributed by atoms with Crippen LogP contribution in [0.25, 0.3) is 4.85 Å². The lowest BCUT2D eigenvalue weighted by molar-refractivity contribution is -0.137. The molecule has 108 valence electrons. The van der Waals surface area contributed by atoms with E-state index in [9.17, 15) is 13.2 Å². The number of hydrogen-bond donors (Lipinski definition) is 0. The first-order chi connectivity index (χ1) is 9.50. The molecule has 0 N–H and O–H groups in total. The van der Waals surface area contributed by atoms with E-state index >= 15 is 0 Å². The molecule has 1 saturated heterocycles. The summed E-state index contributed by atoms with van der Waals surface area (Å²) in [6, 6.07) is 5.46. The Bertz CT molecular complexity index is 485. The number of piperazine rings is 1. The summed E-state index contributed by atoms with van der Waals surface area (Å²) in [5.41, 5.74) is 0.00934. The van der Waals surface area contributed by atoms with Crippen LogP contribution in [0.3, 0.4) is 0 Å². The normalized spacial score (nSPS) is 17.0. The van der Waals surface area contributed by atoms with Crippen molar-refractivity contribution in [2.24, 2.45) is 0 Å². The van der Waals surface area contributed by atoms with Crippen molar-refractivity contribution < 1.29 is 13.2 Å². The van der Waals surface area contributed by atoms with Gasteiger partial charge in [-0.3, -0.25) is 4.90 Å². The molecule has 0 aliphatic carbocycles. The second kappa shape index (κ2) is 6.14. The van der Waals surface area contributed by atoms with Gasteiger partial charge in [-0.1, -0.05) is 6.07 Å². The lowest BCUT2D eigenvalue weighted by atomic mass is 10.1. The summed E-state index contributed by atoms with van der Waals surface area (Å²) in [7, 11) is 0. The Morgan fingerprint density at radius 3 is 2.45 bits per heavy atom. The van der Waals surface area contributed by atoms with Gasteiger partial charge in [0.15, 0.2) is 0 Å². The first-order valence-corrected chi connectivity index (χ1v) is 6.48. The maximum atomic E-state index is 12.7. The molecule has 0 radical (unpaired) electrons. The van der Waals surface area contributed by atoms with E-state index in [0.717, 1.165) is 25.7 Å². The Labute approximate surface area is 116 Å². The molecule has 0 atom stereocenters. The lowest BCUT2D eigenvalue weighted by Gasteiger charge is -2.35. The van der Waals surface area contributed by atoms with Crippen LogP contribution in [-0.2, 0) is 6.18 Å². The largest absolute Gasteiger partial charge is 0.416 e. The minimum Gasteiger partial charge on any atom is -0.369 e. The van der Waals surface area contributed by atoms with Crippen molar-refractivity contribution >= 4 is 5.69 Å². The highest BCUT2D eigenvalue weighted by atomic mass is 19.4. The zero-order valence-electron chi connectivity index (χ0n) is 11.0. The molecule has 1 aromatic rings. The van der Waals surface area contributed by atoms with E-state index in [1.54, 1.807) is 6.07 Å². The molecule has 0 aromatic heterocycles. The molecule has 0 bridgehead atoms. The van der Waals surface area contributed by atoms with Gasteiger partial charge in [0.2, 0.25) is 6.54 Å². The van der Waals surface area contributed by atoms with Crippen LogP contribution >= 0.6 is 0 Å². The second-order valence-corrected chi connectivity index (χ2v) is 4.76. The second-order valence-electron chi connectivity index (χ2n) is 4.76. The monoisotopic (exact) mass is 283 g/mol.